The summed E-state index contributed by atoms with van der Waals surface area (Å²) in [7, 11) is 0. The molecule has 5 heteroatoms. The molecule has 0 bridgehead atoms. The fourth-order valence-electron chi connectivity index (χ4n) is 3.74. The number of aromatic nitrogens is 1. The molecule has 0 radical (unpaired) electrons. The summed E-state index contributed by atoms with van der Waals surface area (Å²) >= 11 is 0. The van der Waals surface area contributed by atoms with Crippen molar-refractivity contribution in [2.45, 2.75) is 20.3 Å². The SMILES string of the molecule is Cc1cc(/C=N/NC(=O)Cc2cccc3ccccc23)c(C)n1-c1ccc(F)cc1. The number of carbonyl (C=O) groups excluding carboxylic acids is 1. The highest BCUT2D eigenvalue weighted by Crippen LogP contribution is 2.20. The molecular weight excluding hydrogens is 377 g/mol. The van der Waals surface area contributed by atoms with E-state index in [0.29, 0.717) is 0 Å². The van der Waals surface area contributed by atoms with E-state index in [9.17, 15) is 9.18 Å². The Balaban J connectivity index is 1.47. The molecule has 4 aromatic rings. The molecule has 1 N–H and O–H groups in total. The second-order valence-corrected chi connectivity index (χ2v) is 7.25. The van der Waals surface area contributed by atoms with E-state index in [0.717, 1.165) is 39.0 Å². The van der Waals surface area contributed by atoms with E-state index < -0.39 is 0 Å². The predicted octanol–water partition coefficient (Wildman–Crippen LogP) is 5.08. The second-order valence-electron chi connectivity index (χ2n) is 7.25. The fraction of sp³-hybridized carbons (Fsp3) is 0.120. The van der Waals surface area contributed by atoms with Gasteiger partial charge in [-0.15, -0.1) is 0 Å². The van der Waals surface area contributed by atoms with Gasteiger partial charge < -0.3 is 4.57 Å². The number of hydrogen-bond donors (Lipinski definition) is 1. The molecule has 0 saturated heterocycles. The lowest BCUT2D eigenvalue weighted by Gasteiger charge is -2.09. The molecule has 150 valence electrons. The monoisotopic (exact) mass is 399 g/mol. The summed E-state index contributed by atoms with van der Waals surface area (Å²) in [5.74, 6) is -0.438. The predicted molar refractivity (Wildman–Crippen MR) is 119 cm³/mol. The average Bonchev–Trinajstić information content (AvgIpc) is 3.02. The fourth-order valence-corrected chi connectivity index (χ4v) is 3.74. The third kappa shape index (κ3) is 4.01. The zero-order chi connectivity index (χ0) is 21.1. The van der Waals surface area contributed by atoms with Crippen molar-refractivity contribution in [3.63, 3.8) is 0 Å². The first kappa shape index (κ1) is 19.6. The Bertz CT molecular complexity index is 1230. The topological polar surface area (TPSA) is 46.4 Å². The quantitative estimate of drug-likeness (QED) is 0.369. The first-order chi connectivity index (χ1) is 14.5. The second kappa shape index (κ2) is 8.33. The molecule has 0 aliphatic rings. The van der Waals surface area contributed by atoms with Crippen molar-refractivity contribution in [3.05, 3.63) is 101 Å². The van der Waals surface area contributed by atoms with Crippen molar-refractivity contribution in [2.24, 2.45) is 5.10 Å². The normalized spacial score (nSPS) is 11.3. The van der Waals surface area contributed by atoms with Crippen LogP contribution in [0.3, 0.4) is 0 Å². The number of amides is 1. The Kier molecular flexibility index (Phi) is 5.44. The number of fused-ring (bicyclic) bond motifs is 1. The van der Waals surface area contributed by atoms with Gasteiger partial charge in [0.15, 0.2) is 0 Å². The summed E-state index contributed by atoms with van der Waals surface area (Å²) in [6.07, 6.45) is 1.90. The number of carbonyl (C=O) groups is 1. The van der Waals surface area contributed by atoms with E-state index >= 15 is 0 Å². The first-order valence-corrected chi connectivity index (χ1v) is 9.76. The third-order valence-corrected chi connectivity index (χ3v) is 5.18. The molecule has 0 atom stereocenters. The molecule has 4 rings (SSSR count). The van der Waals surface area contributed by atoms with Gasteiger partial charge in [0.2, 0.25) is 5.91 Å². The van der Waals surface area contributed by atoms with Crippen LogP contribution in [0.2, 0.25) is 0 Å². The molecule has 1 aromatic heterocycles. The van der Waals surface area contributed by atoms with Crippen LogP contribution < -0.4 is 5.43 Å². The molecule has 0 spiro atoms. The third-order valence-electron chi connectivity index (χ3n) is 5.18. The van der Waals surface area contributed by atoms with Gasteiger partial charge in [0.25, 0.3) is 0 Å². The Morgan fingerprint density at radius 3 is 2.57 bits per heavy atom. The first-order valence-electron chi connectivity index (χ1n) is 9.76. The summed E-state index contributed by atoms with van der Waals surface area (Å²) in [5.41, 5.74) is 7.33. The molecule has 0 unspecified atom stereocenters. The van der Waals surface area contributed by atoms with E-state index in [4.69, 9.17) is 0 Å². The highest BCUT2D eigenvalue weighted by molar-refractivity contribution is 5.90. The Labute approximate surface area is 174 Å². The summed E-state index contributed by atoms with van der Waals surface area (Å²) in [4.78, 5) is 12.4. The largest absolute Gasteiger partial charge is 0.318 e. The van der Waals surface area contributed by atoms with E-state index in [-0.39, 0.29) is 18.1 Å². The molecule has 4 nitrogen and oxygen atoms in total. The van der Waals surface area contributed by atoms with Gasteiger partial charge >= 0.3 is 0 Å². The van der Waals surface area contributed by atoms with Gasteiger partial charge in [0.05, 0.1) is 12.6 Å². The Morgan fingerprint density at radius 2 is 1.77 bits per heavy atom. The molecule has 30 heavy (non-hydrogen) atoms. The zero-order valence-electron chi connectivity index (χ0n) is 16.9. The minimum Gasteiger partial charge on any atom is -0.318 e. The number of hydrogen-bond acceptors (Lipinski definition) is 2. The van der Waals surface area contributed by atoms with Gasteiger partial charge in [0, 0.05) is 22.6 Å². The van der Waals surface area contributed by atoms with Gasteiger partial charge in [-0.2, -0.15) is 5.10 Å². The number of halogens is 1. The average molecular weight is 399 g/mol. The summed E-state index contributed by atoms with van der Waals surface area (Å²) in [5, 5.41) is 6.32. The molecule has 0 aliphatic carbocycles. The van der Waals surface area contributed by atoms with Crippen LogP contribution >= 0.6 is 0 Å². The van der Waals surface area contributed by atoms with Crippen molar-refractivity contribution in [1.82, 2.24) is 9.99 Å². The minimum absolute atomic E-state index is 0.171. The van der Waals surface area contributed by atoms with Crippen LogP contribution in [0, 0.1) is 19.7 Å². The summed E-state index contributed by atoms with van der Waals surface area (Å²) < 4.78 is 15.2. The van der Waals surface area contributed by atoms with Crippen LogP contribution in [0.25, 0.3) is 16.5 Å². The van der Waals surface area contributed by atoms with Gasteiger partial charge in [-0.3, -0.25) is 4.79 Å². The van der Waals surface area contributed by atoms with Crippen molar-refractivity contribution in [1.29, 1.82) is 0 Å². The molecule has 3 aromatic carbocycles. The number of rotatable bonds is 5. The number of nitrogens with zero attached hydrogens (tertiary/aromatic N) is 2. The smallest absolute Gasteiger partial charge is 0.244 e. The van der Waals surface area contributed by atoms with Crippen LogP contribution in [0.15, 0.2) is 77.9 Å². The molecule has 1 heterocycles. The molecule has 0 aliphatic heterocycles. The van der Waals surface area contributed by atoms with E-state index in [1.54, 1.807) is 18.3 Å². The van der Waals surface area contributed by atoms with E-state index in [1.807, 2.05) is 66.9 Å². The van der Waals surface area contributed by atoms with Crippen LogP contribution in [0.5, 0.6) is 0 Å². The zero-order valence-corrected chi connectivity index (χ0v) is 16.9. The van der Waals surface area contributed by atoms with E-state index in [2.05, 4.69) is 10.5 Å². The van der Waals surface area contributed by atoms with Crippen LogP contribution in [-0.4, -0.2) is 16.7 Å². The van der Waals surface area contributed by atoms with Crippen LogP contribution in [0.1, 0.15) is 22.5 Å². The van der Waals surface area contributed by atoms with Crippen molar-refractivity contribution in [3.8, 4) is 5.69 Å². The van der Waals surface area contributed by atoms with Crippen LogP contribution in [-0.2, 0) is 11.2 Å². The van der Waals surface area contributed by atoms with Gasteiger partial charge in [-0.05, 0) is 60.5 Å². The number of benzene rings is 3. The lowest BCUT2D eigenvalue weighted by molar-refractivity contribution is -0.120. The summed E-state index contributed by atoms with van der Waals surface area (Å²) in [6, 6.07) is 22.3. The maximum absolute atomic E-state index is 13.2. The van der Waals surface area contributed by atoms with Crippen LogP contribution in [0.4, 0.5) is 4.39 Å². The maximum Gasteiger partial charge on any atom is 0.244 e. The number of aryl methyl sites for hydroxylation is 1. The minimum atomic E-state index is -0.267. The molecule has 1 amide bonds. The van der Waals surface area contributed by atoms with Crippen molar-refractivity contribution < 1.29 is 9.18 Å². The molecular formula is C25H22FN3O. The highest BCUT2D eigenvalue weighted by Gasteiger charge is 2.10. The van der Waals surface area contributed by atoms with E-state index in [1.165, 1.54) is 12.1 Å². The van der Waals surface area contributed by atoms with Gasteiger partial charge in [-0.25, -0.2) is 9.82 Å². The number of hydrazone groups is 1. The van der Waals surface area contributed by atoms with Gasteiger partial charge in [0.1, 0.15) is 5.82 Å². The number of nitrogens with one attached hydrogen (secondary N) is 1. The Hall–Kier alpha value is -3.73. The van der Waals surface area contributed by atoms with Crippen molar-refractivity contribution in [2.75, 3.05) is 0 Å². The maximum atomic E-state index is 13.2. The lowest BCUT2D eigenvalue weighted by atomic mass is 10.0. The molecule has 0 fully saturated rings. The standard InChI is InChI=1S/C25H22FN3O/c1-17-14-21(18(2)29(17)23-12-10-22(26)11-13-23)16-27-28-25(30)15-20-8-5-7-19-6-3-4-9-24(19)20/h3-14,16H,15H2,1-2H3,(H,28,30)/b27-16+. The highest BCUT2D eigenvalue weighted by atomic mass is 19.1. The summed E-state index contributed by atoms with van der Waals surface area (Å²) in [6.45, 7) is 3.95. The lowest BCUT2D eigenvalue weighted by Crippen LogP contribution is -2.19. The molecule has 0 saturated carbocycles. The van der Waals surface area contributed by atoms with Crippen molar-refractivity contribution >= 4 is 22.9 Å². The van der Waals surface area contributed by atoms with Gasteiger partial charge in [-0.1, -0.05) is 42.5 Å². The Morgan fingerprint density at radius 1 is 1.03 bits per heavy atom.